The predicted octanol–water partition coefficient (Wildman–Crippen LogP) is 4.02. The molecular weight excluding hydrogens is 360 g/mol. The lowest BCUT2D eigenvalue weighted by atomic mass is 10.1. The molecule has 1 amide bonds. The first-order valence-electron chi connectivity index (χ1n) is 8.08. The number of halogens is 2. The minimum atomic E-state index is -0.903. The molecule has 7 heteroatoms. The molecule has 0 radical (unpaired) electrons. The summed E-state index contributed by atoms with van der Waals surface area (Å²) in [5.74, 6) is -2.62. The molecule has 2 aromatic rings. The quantitative estimate of drug-likeness (QED) is 0.765. The van der Waals surface area contributed by atoms with Gasteiger partial charge in [0.15, 0.2) is 11.6 Å². The second-order valence-corrected chi connectivity index (χ2v) is 7.18. The Bertz CT molecular complexity index is 843. The van der Waals surface area contributed by atoms with Gasteiger partial charge >= 0.3 is 5.97 Å². The van der Waals surface area contributed by atoms with Gasteiger partial charge in [-0.05, 0) is 47.7 Å². The highest BCUT2D eigenvalue weighted by Crippen LogP contribution is 2.48. The first-order valence-corrected chi connectivity index (χ1v) is 9.24. The van der Waals surface area contributed by atoms with Crippen molar-refractivity contribution in [2.45, 2.75) is 18.1 Å². The molecule has 26 heavy (non-hydrogen) atoms. The predicted molar refractivity (Wildman–Crippen MR) is 96.1 cm³/mol. The number of benzene rings is 2. The van der Waals surface area contributed by atoms with Crippen LogP contribution in [0.3, 0.4) is 0 Å². The standard InChI is InChI=1S/C19H17F2NO3S/c20-16-5-4-12(7-17(16)21)14-8-15(14)19(25)22-13-3-1-2-11(6-13)9-26-10-18(23)24/h1-7,14-15H,8-10H2,(H,22,25)(H,23,24). The van der Waals surface area contributed by atoms with Crippen LogP contribution in [0.4, 0.5) is 14.5 Å². The zero-order valence-corrected chi connectivity index (χ0v) is 14.6. The van der Waals surface area contributed by atoms with Gasteiger partial charge in [-0.3, -0.25) is 9.59 Å². The molecule has 2 aromatic carbocycles. The second-order valence-electron chi connectivity index (χ2n) is 6.20. The highest BCUT2D eigenvalue weighted by molar-refractivity contribution is 7.99. The summed E-state index contributed by atoms with van der Waals surface area (Å²) in [6.07, 6.45) is 0.602. The minimum Gasteiger partial charge on any atom is -0.481 e. The number of carbonyl (C=O) groups is 2. The smallest absolute Gasteiger partial charge is 0.313 e. The van der Waals surface area contributed by atoms with Crippen LogP contribution in [0, 0.1) is 17.6 Å². The monoisotopic (exact) mass is 377 g/mol. The largest absolute Gasteiger partial charge is 0.481 e. The minimum absolute atomic E-state index is 0.0224. The van der Waals surface area contributed by atoms with Crippen LogP contribution in [-0.4, -0.2) is 22.7 Å². The third-order valence-electron chi connectivity index (χ3n) is 4.19. The van der Waals surface area contributed by atoms with Crippen LogP contribution in [0.2, 0.25) is 0 Å². The topological polar surface area (TPSA) is 66.4 Å². The highest BCUT2D eigenvalue weighted by atomic mass is 32.2. The SMILES string of the molecule is O=C(O)CSCc1cccc(NC(=O)C2CC2c2ccc(F)c(F)c2)c1. The molecule has 0 heterocycles. The maximum absolute atomic E-state index is 13.3. The first kappa shape index (κ1) is 18.4. The van der Waals surface area contributed by atoms with E-state index in [0.29, 0.717) is 23.4 Å². The maximum atomic E-state index is 13.3. The molecule has 1 aliphatic rings. The fraction of sp³-hybridized carbons (Fsp3) is 0.263. The molecule has 1 saturated carbocycles. The van der Waals surface area contributed by atoms with E-state index in [2.05, 4.69) is 5.32 Å². The van der Waals surface area contributed by atoms with Gasteiger partial charge in [-0.2, -0.15) is 0 Å². The van der Waals surface area contributed by atoms with Crippen molar-refractivity contribution in [3.05, 3.63) is 65.2 Å². The van der Waals surface area contributed by atoms with Crippen molar-refractivity contribution in [2.75, 3.05) is 11.1 Å². The number of anilines is 1. The molecule has 3 rings (SSSR count). The molecule has 4 nitrogen and oxygen atoms in total. The number of carbonyl (C=O) groups excluding carboxylic acids is 1. The van der Waals surface area contributed by atoms with E-state index in [1.807, 2.05) is 12.1 Å². The molecular formula is C19H17F2NO3S. The normalized spacial score (nSPS) is 18.4. The van der Waals surface area contributed by atoms with Crippen LogP contribution in [-0.2, 0) is 15.3 Å². The maximum Gasteiger partial charge on any atom is 0.313 e. The van der Waals surface area contributed by atoms with Crippen molar-refractivity contribution in [3.63, 3.8) is 0 Å². The van der Waals surface area contributed by atoms with Crippen LogP contribution < -0.4 is 5.32 Å². The molecule has 0 saturated heterocycles. The van der Waals surface area contributed by atoms with E-state index in [4.69, 9.17) is 5.11 Å². The summed E-state index contributed by atoms with van der Waals surface area (Å²) in [7, 11) is 0. The lowest BCUT2D eigenvalue weighted by molar-refractivity contribution is -0.133. The fourth-order valence-corrected chi connectivity index (χ4v) is 3.52. The first-order chi connectivity index (χ1) is 12.4. The van der Waals surface area contributed by atoms with E-state index in [0.717, 1.165) is 17.7 Å². The van der Waals surface area contributed by atoms with Gasteiger partial charge in [-0.15, -0.1) is 11.8 Å². The zero-order valence-electron chi connectivity index (χ0n) is 13.7. The molecule has 1 fully saturated rings. The Morgan fingerprint density at radius 3 is 2.69 bits per heavy atom. The summed E-state index contributed by atoms with van der Waals surface area (Å²) in [6, 6.07) is 11.0. The van der Waals surface area contributed by atoms with E-state index < -0.39 is 17.6 Å². The number of hydrogen-bond acceptors (Lipinski definition) is 3. The molecule has 2 atom stereocenters. The number of hydrogen-bond donors (Lipinski definition) is 2. The Balaban J connectivity index is 1.57. The Hall–Kier alpha value is -2.41. The third-order valence-corrected chi connectivity index (χ3v) is 5.18. The molecule has 2 unspecified atom stereocenters. The van der Waals surface area contributed by atoms with E-state index >= 15 is 0 Å². The van der Waals surface area contributed by atoms with Gasteiger partial charge in [0.1, 0.15) is 0 Å². The number of rotatable bonds is 7. The average molecular weight is 377 g/mol. The Morgan fingerprint density at radius 1 is 1.15 bits per heavy atom. The van der Waals surface area contributed by atoms with Crippen molar-refractivity contribution in [3.8, 4) is 0 Å². The van der Waals surface area contributed by atoms with Crippen molar-refractivity contribution < 1.29 is 23.5 Å². The number of carboxylic acids is 1. The number of aliphatic carboxylic acids is 1. The molecule has 0 aromatic heterocycles. The van der Waals surface area contributed by atoms with Crippen LogP contribution >= 0.6 is 11.8 Å². The molecule has 0 bridgehead atoms. The summed E-state index contributed by atoms with van der Waals surface area (Å²) in [5.41, 5.74) is 2.18. The lowest BCUT2D eigenvalue weighted by Gasteiger charge is -2.07. The molecule has 0 aliphatic heterocycles. The Kier molecular flexibility index (Phi) is 5.56. The Morgan fingerprint density at radius 2 is 1.96 bits per heavy atom. The molecule has 0 spiro atoms. The van der Waals surface area contributed by atoms with Gasteiger partial charge in [-0.1, -0.05) is 18.2 Å². The van der Waals surface area contributed by atoms with E-state index in [1.165, 1.54) is 17.8 Å². The number of carboxylic acid groups (broad SMARTS) is 1. The fourth-order valence-electron chi connectivity index (χ4n) is 2.83. The van der Waals surface area contributed by atoms with Gasteiger partial charge in [0.25, 0.3) is 0 Å². The summed E-state index contributed by atoms with van der Waals surface area (Å²) < 4.78 is 26.3. The van der Waals surface area contributed by atoms with Gasteiger partial charge in [0.05, 0.1) is 5.75 Å². The highest BCUT2D eigenvalue weighted by Gasteiger charge is 2.44. The zero-order chi connectivity index (χ0) is 18.7. The summed E-state index contributed by atoms with van der Waals surface area (Å²) in [4.78, 5) is 22.9. The number of amides is 1. The van der Waals surface area contributed by atoms with E-state index in [-0.39, 0.29) is 23.5 Å². The lowest BCUT2D eigenvalue weighted by Crippen LogP contribution is -2.14. The van der Waals surface area contributed by atoms with Crippen molar-refractivity contribution in [1.82, 2.24) is 0 Å². The van der Waals surface area contributed by atoms with Gasteiger partial charge in [-0.25, -0.2) is 8.78 Å². The summed E-state index contributed by atoms with van der Waals surface area (Å²) >= 11 is 1.28. The van der Waals surface area contributed by atoms with Crippen LogP contribution in [0.1, 0.15) is 23.5 Å². The van der Waals surface area contributed by atoms with Crippen LogP contribution in [0.25, 0.3) is 0 Å². The number of nitrogens with one attached hydrogen (secondary N) is 1. The molecule has 1 aliphatic carbocycles. The molecule has 136 valence electrons. The van der Waals surface area contributed by atoms with Crippen molar-refractivity contribution in [2.24, 2.45) is 5.92 Å². The second kappa shape index (κ2) is 7.86. The van der Waals surface area contributed by atoms with Crippen LogP contribution in [0.5, 0.6) is 0 Å². The number of thioether (sulfide) groups is 1. The van der Waals surface area contributed by atoms with Crippen molar-refractivity contribution >= 4 is 29.3 Å². The van der Waals surface area contributed by atoms with Gasteiger partial charge in [0, 0.05) is 17.4 Å². The van der Waals surface area contributed by atoms with E-state index in [1.54, 1.807) is 12.1 Å². The summed E-state index contributed by atoms with van der Waals surface area (Å²) in [5, 5.41) is 11.5. The Labute approximate surface area is 153 Å². The van der Waals surface area contributed by atoms with Gasteiger partial charge < -0.3 is 10.4 Å². The third kappa shape index (κ3) is 4.60. The summed E-state index contributed by atoms with van der Waals surface area (Å²) in [6.45, 7) is 0. The van der Waals surface area contributed by atoms with Crippen LogP contribution in [0.15, 0.2) is 42.5 Å². The van der Waals surface area contributed by atoms with Crippen molar-refractivity contribution in [1.29, 1.82) is 0 Å². The average Bonchev–Trinajstić information content (AvgIpc) is 3.38. The molecule has 2 N–H and O–H groups in total. The van der Waals surface area contributed by atoms with Gasteiger partial charge in [0.2, 0.25) is 5.91 Å². The van der Waals surface area contributed by atoms with E-state index in [9.17, 15) is 18.4 Å².